The Kier molecular flexibility index (Phi) is 6.83. The third-order valence-electron chi connectivity index (χ3n) is 3.68. The van der Waals surface area contributed by atoms with Crippen LogP contribution in [-0.4, -0.2) is 24.5 Å². The fourth-order valence-electron chi connectivity index (χ4n) is 2.38. The molecule has 2 aromatic carbocycles. The van der Waals surface area contributed by atoms with E-state index in [1.54, 1.807) is 6.07 Å². The minimum Gasteiger partial charge on any atom is -0.483 e. The fraction of sp³-hybridized carbons (Fsp3) is 0.263. The number of nitrogens with two attached hydrogens (primary N) is 1. The Labute approximate surface area is 152 Å². The van der Waals surface area contributed by atoms with Gasteiger partial charge in [-0.15, -0.1) is 0 Å². The summed E-state index contributed by atoms with van der Waals surface area (Å²) >= 11 is 5.84. The number of amides is 2. The van der Waals surface area contributed by atoms with Crippen LogP contribution in [0.4, 0.5) is 0 Å². The van der Waals surface area contributed by atoms with Crippen LogP contribution < -0.4 is 15.8 Å². The van der Waals surface area contributed by atoms with Gasteiger partial charge in [0, 0.05) is 11.1 Å². The van der Waals surface area contributed by atoms with Crippen molar-refractivity contribution in [2.24, 2.45) is 5.73 Å². The topological polar surface area (TPSA) is 81.4 Å². The molecule has 6 heteroatoms. The molecule has 0 saturated carbocycles. The normalized spacial score (nSPS) is 11.6. The minimum atomic E-state index is -0.658. The van der Waals surface area contributed by atoms with Crippen molar-refractivity contribution >= 4 is 23.4 Å². The smallest absolute Gasteiger partial charge is 0.258 e. The Morgan fingerprint density at radius 2 is 1.92 bits per heavy atom. The molecule has 0 aliphatic heterocycles. The number of aryl methyl sites for hydroxylation is 1. The van der Waals surface area contributed by atoms with Gasteiger partial charge in [0.05, 0.1) is 5.56 Å². The van der Waals surface area contributed by atoms with Crippen LogP contribution in [-0.2, 0) is 11.2 Å². The number of halogens is 1. The maximum absolute atomic E-state index is 12.0. The van der Waals surface area contributed by atoms with E-state index in [0.717, 1.165) is 12.8 Å². The fourth-order valence-corrected chi connectivity index (χ4v) is 2.55. The van der Waals surface area contributed by atoms with Crippen LogP contribution in [0.25, 0.3) is 0 Å². The molecule has 0 aliphatic rings. The maximum atomic E-state index is 12.0. The summed E-state index contributed by atoms with van der Waals surface area (Å²) in [7, 11) is 0. The van der Waals surface area contributed by atoms with Crippen LogP contribution >= 0.6 is 11.6 Å². The van der Waals surface area contributed by atoms with Gasteiger partial charge in [-0.2, -0.15) is 0 Å². The highest BCUT2D eigenvalue weighted by Crippen LogP contribution is 2.22. The summed E-state index contributed by atoms with van der Waals surface area (Å²) in [5.74, 6) is -0.677. The molecule has 0 saturated heterocycles. The van der Waals surface area contributed by atoms with E-state index < -0.39 is 5.91 Å². The predicted molar refractivity (Wildman–Crippen MR) is 97.8 cm³/mol. The minimum absolute atomic E-state index is 0.0112. The summed E-state index contributed by atoms with van der Waals surface area (Å²) in [6, 6.07) is 14.6. The Hall–Kier alpha value is -2.53. The van der Waals surface area contributed by atoms with Crippen molar-refractivity contribution in [3.8, 4) is 5.75 Å². The van der Waals surface area contributed by atoms with Crippen LogP contribution in [0, 0.1) is 0 Å². The summed E-state index contributed by atoms with van der Waals surface area (Å²) in [6.07, 6.45) is 1.70. The molecule has 3 N–H and O–H groups in total. The lowest BCUT2D eigenvalue weighted by Gasteiger charge is -2.15. The van der Waals surface area contributed by atoms with Crippen LogP contribution in [0.2, 0.25) is 5.02 Å². The third kappa shape index (κ3) is 6.12. The summed E-state index contributed by atoms with van der Waals surface area (Å²) in [4.78, 5) is 23.4. The number of rotatable bonds is 8. The maximum Gasteiger partial charge on any atom is 0.258 e. The molecule has 1 atom stereocenters. The molecule has 0 unspecified atom stereocenters. The number of primary amides is 1. The average Bonchev–Trinajstić information content (AvgIpc) is 2.59. The van der Waals surface area contributed by atoms with Gasteiger partial charge >= 0.3 is 0 Å². The molecule has 25 heavy (non-hydrogen) atoms. The van der Waals surface area contributed by atoms with E-state index in [0.29, 0.717) is 5.02 Å². The molecule has 0 spiro atoms. The second-order valence-corrected chi connectivity index (χ2v) is 6.22. The first kappa shape index (κ1) is 18.8. The monoisotopic (exact) mass is 360 g/mol. The molecule has 2 aromatic rings. The van der Waals surface area contributed by atoms with Crippen molar-refractivity contribution in [3.05, 3.63) is 64.7 Å². The van der Waals surface area contributed by atoms with Crippen molar-refractivity contribution in [3.63, 3.8) is 0 Å². The lowest BCUT2D eigenvalue weighted by Crippen LogP contribution is -2.36. The van der Waals surface area contributed by atoms with Crippen molar-refractivity contribution in [2.45, 2.75) is 25.8 Å². The molecule has 2 rings (SSSR count). The van der Waals surface area contributed by atoms with E-state index >= 15 is 0 Å². The van der Waals surface area contributed by atoms with Crippen molar-refractivity contribution < 1.29 is 14.3 Å². The van der Waals surface area contributed by atoms with Crippen LogP contribution in [0.5, 0.6) is 5.75 Å². The van der Waals surface area contributed by atoms with Gasteiger partial charge in [0.25, 0.3) is 11.8 Å². The molecule has 0 bridgehead atoms. The number of ether oxygens (including phenoxy) is 1. The van der Waals surface area contributed by atoms with Gasteiger partial charge in [-0.3, -0.25) is 9.59 Å². The number of carbonyl (C=O) groups excluding carboxylic acids is 2. The molecule has 0 aromatic heterocycles. The molecule has 2 amide bonds. The van der Waals surface area contributed by atoms with Crippen molar-refractivity contribution in [1.82, 2.24) is 5.32 Å². The summed E-state index contributed by atoms with van der Waals surface area (Å²) in [5.41, 5.74) is 6.67. The van der Waals surface area contributed by atoms with Gasteiger partial charge in [-0.1, -0.05) is 41.9 Å². The highest BCUT2D eigenvalue weighted by molar-refractivity contribution is 6.31. The van der Waals surface area contributed by atoms with Crippen LogP contribution in [0.1, 0.15) is 29.3 Å². The zero-order chi connectivity index (χ0) is 18.2. The summed E-state index contributed by atoms with van der Waals surface area (Å²) in [6.45, 7) is 1.75. The average molecular weight is 361 g/mol. The third-order valence-corrected chi connectivity index (χ3v) is 3.92. The van der Waals surface area contributed by atoms with Gasteiger partial charge < -0.3 is 15.8 Å². The molecule has 132 valence electrons. The molecule has 5 nitrogen and oxygen atoms in total. The zero-order valence-corrected chi connectivity index (χ0v) is 14.8. The Morgan fingerprint density at radius 3 is 2.60 bits per heavy atom. The predicted octanol–water partition coefficient (Wildman–Crippen LogP) is 2.96. The Bertz CT molecular complexity index is 735. The molecular weight excluding hydrogens is 340 g/mol. The van der Waals surface area contributed by atoms with Crippen LogP contribution in [0.15, 0.2) is 48.5 Å². The molecule has 0 aliphatic carbocycles. The Morgan fingerprint density at radius 1 is 1.20 bits per heavy atom. The lowest BCUT2D eigenvalue weighted by molar-refractivity contribution is -0.123. The number of benzene rings is 2. The second kappa shape index (κ2) is 9.08. The summed E-state index contributed by atoms with van der Waals surface area (Å²) < 4.78 is 5.41. The summed E-state index contributed by atoms with van der Waals surface area (Å²) in [5, 5.41) is 3.25. The highest BCUT2D eigenvalue weighted by atomic mass is 35.5. The molecule has 0 heterocycles. The zero-order valence-electron chi connectivity index (χ0n) is 14.0. The van der Waals surface area contributed by atoms with Gasteiger partial charge in [-0.25, -0.2) is 0 Å². The standard InChI is InChI=1S/C19H21ClN2O3/c1-13(7-8-14-5-3-2-4-6-14)22-18(23)12-25-17-10-9-15(20)11-16(17)19(21)24/h2-6,9-11,13H,7-8,12H2,1H3,(H2,21,24)(H,22,23)/t13-/m1/s1. The number of nitrogens with one attached hydrogen (secondary N) is 1. The Balaban J connectivity index is 1.81. The number of hydrogen-bond donors (Lipinski definition) is 2. The van der Waals surface area contributed by atoms with E-state index in [-0.39, 0.29) is 29.9 Å². The van der Waals surface area contributed by atoms with E-state index in [1.165, 1.54) is 17.7 Å². The van der Waals surface area contributed by atoms with E-state index in [1.807, 2.05) is 25.1 Å². The van der Waals surface area contributed by atoms with E-state index in [9.17, 15) is 9.59 Å². The van der Waals surface area contributed by atoms with Gasteiger partial charge in [0.2, 0.25) is 0 Å². The first-order chi connectivity index (χ1) is 12.0. The van der Waals surface area contributed by atoms with E-state index in [2.05, 4.69) is 17.4 Å². The second-order valence-electron chi connectivity index (χ2n) is 5.79. The van der Waals surface area contributed by atoms with Crippen molar-refractivity contribution in [1.29, 1.82) is 0 Å². The molecule has 0 radical (unpaired) electrons. The molecule has 0 fully saturated rings. The lowest BCUT2D eigenvalue weighted by atomic mass is 10.1. The van der Waals surface area contributed by atoms with Crippen LogP contribution in [0.3, 0.4) is 0 Å². The largest absolute Gasteiger partial charge is 0.483 e. The highest BCUT2D eigenvalue weighted by Gasteiger charge is 2.13. The van der Waals surface area contributed by atoms with Gasteiger partial charge in [-0.05, 0) is 43.5 Å². The molecular formula is C19H21ClN2O3. The number of hydrogen-bond acceptors (Lipinski definition) is 3. The SMILES string of the molecule is C[C@H](CCc1ccccc1)NC(=O)COc1ccc(Cl)cc1C(N)=O. The first-order valence-corrected chi connectivity index (χ1v) is 8.39. The first-order valence-electron chi connectivity index (χ1n) is 8.01. The quantitative estimate of drug-likeness (QED) is 0.759. The van der Waals surface area contributed by atoms with Gasteiger partial charge in [0.15, 0.2) is 6.61 Å². The van der Waals surface area contributed by atoms with Gasteiger partial charge in [0.1, 0.15) is 5.75 Å². The van der Waals surface area contributed by atoms with E-state index in [4.69, 9.17) is 22.1 Å². The number of carbonyl (C=O) groups is 2. The van der Waals surface area contributed by atoms with Crippen molar-refractivity contribution in [2.75, 3.05) is 6.61 Å².